The Labute approximate surface area is 149 Å². The van der Waals surface area contributed by atoms with E-state index in [-0.39, 0.29) is 5.89 Å². The van der Waals surface area contributed by atoms with Crippen LogP contribution in [0.15, 0.2) is 59.3 Å². The molecule has 122 valence electrons. The summed E-state index contributed by atoms with van der Waals surface area (Å²) in [7, 11) is 0. The smallest absolute Gasteiger partial charge is 0.333 e. The van der Waals surface area contributed by atoms with Crippen molar-refractivity contribution in [1.29, 1.82) is 0 Å². The second kappa shape index (κ2) is 6.34. The average Bonchev–Trinajstić information content (AvgIpc) is 3.09. The van der Waals surface area contributed by atoms with Crippen LogP contribution in [-0.2, 0) is 9.54 Å². The number of carbonyl (C=O) groups is 1. The van der Waals surface area contributed by atoms with Crippen molar-refractivity contribution in [2.75, 3.05) is 0 Å². The predicted molar refractivity (Wildman–Crippen MR) is 95.5 cm³/mol. The van der Waals surface area contributed by atoms with Crippen LogP contribution in [0.3, 0.4) is 0 Å². The summed E-state index contributed by atoms with van der Waals surface area (Å²) in [6.07, 6.45) is 2.73. The maximum Gasteiger partial charge on any atom is 0.333 e. The molecule has 1 atom stereocenters. The third-order valence-electron chi connectivity index (χ3n) is 3.85. The molecule has 0 radical (unpaired) electrons. The first-order chi connectivity index (χ1) is 11.4. The number of hydrogen-bond acceptors (Lipinski definition) is 4. The lowest BCUT2D eigenvalue weighted by Crippen LogP contribution is -2.31. The molecular formula is C18H14ClNO3S. The second-order valence-corrected chi connectivity index (χ2v) is 6.50. The highest BCUT2D eigenvalue weighted by Crippen LogP contribution is 2.38. The normalized spacial score (nSPS) is 13.5. The first kappa shape index (κ1) is 16.6. The first-order valence-corrected chi connectivity index (χ1v) is 7.98. The first-order valence-electron chi connectivity index (χ1n) is 7.15. The maximum atomic E-state index is 11.8. The van der Waals surface area contributed by atoms with Gasteiger partial charge in [0.1, 0.15) is 6.26 Å². The van der Waals surface area contributed by atoms with Crippen LogP contribution >= 0.6 is 24.2 Å². The predicted octanol–water partition coefficient (Wildman–Crippen LogP) is 4.56. The van der Waals surface area contributed by atoms with Crippen molar-refractivity contribution in [3.63, 3.8) is 0 Å². The number of carboxylic acids is 1. The van der Waals surface area contributed by atoms with E-state index in [1.54, 1.807) is 12.1 Å². The number of aromatic nitrogens is 1. The van der Waals surface area contributed by atoms with Crippen molar-refractivity contribution in [1.82, 2.24) is 4.98 Å². The van der Waals surface area contributed by atoms with Crippen LogP contribution in [0, 0.1) is 6.92 Å². The zero-order valence-electron chi connectivity index (χ0n) is 12.7. The van der Waals surface area contributed by atoms with Crippen molar-refractivity contribution in [3.8, 4) is 11.1 Å². The van der Waals surface area contributed by atoms with Gasteiger partial charge in [-0.15, -0.1) is 12.6 Å². The highest BCUT2D eigenvalue weighted by Gasteiger charge is 2.43. The van der Waals surface area contributed by atoms with Gasteiger partial charge in [0.2, 0.25) is 10.6 Å². The van der Waals surface area contributed by atoms with Crippen molar-refractivity contribution >= 4 is 30.2 Å². The molecule has 3 rings (SSSR count). The summed E-state index contributed by atoms with van der Waals surface area (Å²) in [5.74, 6) is -1.12. The molecule has 0 saturated carbocycles. The third-order valence-corrected chi connectivity index (χ3v) is 4.74. The number of thiol groups is 1. The largest absolute Gasteiger partial charge is 0.480 e. The van der Waals surface area contributed by atoms with Crippen molar-refractivity contribution < 1.29 is 14.3 Å². The molecule has 0 bridgehead atoms. The van der Waals surface area contributed by atoms with Crippen LogP contribution in [0.4, 0.5) is 0 Å². The third kappa shape index (κ3) is 2.81. The minimum Gasteiger partial charge on any atom is -0.480 e. The highest BCUT2D eigenvalue weighted by atomic mass is 35.5. The van der Waals surface area contributed by atoms with Crippen LogP contribution in [-0.4, -0.2) is 16.1 Å². The van der Waals surface area contributed by atoms with Gasteiger partial charge in [0.15, 0.2) is 0 Å². The van der Waals surface area contributed by atoms with Crippen molar-refractivity contribution in [2.24, 2.45) is 0 Å². The van der Waals surface area contributed by atoms with E-state index >= 15 is 0 Å². The van der Waals surface area contributed by atoms with Crippen LogP contribution in [0.2, 0.25) is 5.02 Å². The Morgan fingerprint density at radius 3 is 2.50 bits per heavy atom. The van der Waals surface area contributed by atoms with Gasteiger partial charge >= 0.3 is 5.97 Å². The van der Waals surface area contributed by atoms with E-state index in [4.69, 9.17) is 16.0 Å². The van der Waals surface area contributed by atoms with Crippen molar-refractivity contribution in [2.45, 2.75) is 11.7 Å². The van der Waals surface area contributed by atoms with E-state index in [0.29, 0.717) is 10.6 Å². The molecule has 6 heteroatoms. The molecule has 0 aliphatic heterocycles. The summed E-state index contributed by atoms with van der Waals surface area (Å²) in [4.78, 5) is 15.8. The molecular weight excluding hydrogens is 346 g/mol. The lowest BCUT2D eigenvalue weighted by Gasteiger charge is -2.22. The molecule has 24 heavy (non-hydrogen) atoms. The Kier molecular flexibility index (Phi) is 4.39. The van der Waals surface area contributed by atoms with Crippen molar-refractivity contribution in [3.05, 3.63) is 77.0 Å². The average molecular weight is 360 g/mol. The molecule has 0 spiro atoms. The SMILES string of the molecule is Cc1cc(C(S)(C(=O)O)c2ncco2)ccc1-c1ccc(Cl)cc1. The van der Waals surface area contributed by atoms with Gasteiger partial charge in [-0.25, -0.2) is 9.78 Å². The number of nitrogens with zero attached hydrogens (tertiary/aromatic N) is 1. The van der Waals surface area contributed by atoms with E-state index in [1.165, 1.54) is 12.5 Å². The molecule has 0 aliphatic carbocycles. The van der Waals surface area contributed by atoms with E-state index in [9.17, 15) is 9.90 Å². The molecule has 4 nitrogen and oxygen atoms in total. The fraction of sp³-hybridized carbons (Fsp3) is 0.111. The van der Waals surface area contributed by atoms with E-state index in [0.717, 1.165) is 16.7 Å². The number of halogens is 1. The highest BCUT2D eigenvalue weighted by molar-refractivity contribution is 7.82. The van der Waals surface area contributed by atoms with Crippen LogP contribution in [0.5, 0.6) is 0 Å². The van der Waals surface area contributed by atoms with Gasteiger partial charge in [-0.3, -0.25) is 0 Å². The lowest BCUT2D eigenvalue weighted by molar-refractivity contribution is -0.139. The summed E-state index contributed by atoms with van der Waals surface area (Å²) in [5.41, 5.74) is 3.39. The Morgan fingerprint density at radius 1 is 1.25 bits per heavy atom. The molecule has 1 unspecified atom stereocenters. The Bertz CT molecular complexity index is 878. The summed E-state index contributed by atoms with van der Waals surface area (Å²) in [6.45, 7) is 1.92. The fourth-order valence-corrected chi connectivity index (χ4v) is 2.96. The molecule has 0 fully saturated rings. The standard InChI is InChI=1S/C18H14ClNO3S/c1-11-10-13(18(24,17(21)22)16-20-8-9-23-16)4-7-15(11)12-2-5-14(19)6-3-12/h2-10,24H,1H3,(H,21,22). The summed E-state index contributed by atoms with van der Waals surface area (Å²) < 4.78 is 3.55. The zero-order chi connectivity index (χ0) is 17.3. The maximum absolute atomic E-state index is 11.8. The molecule has 0 aliphatic rings. The number of aryl methyl sites for hydroxylation is 1. The Balaban J connectivity index is 2.08. The number of oxazole rings is 1. The summed E-state index contributed by atoms with van der Waals surface area (Å²) in [5, 5.41) is 10.3. The van der Waals surface area contributed by atoms with E-state index in [1.807, 2.05) is 37.3 Å². The molecule has 1 aromatic heterocycles. The zero-order valence-corrected chi connectivity index (χ0v) is 14.4. The van der Waals surface area contributed by atoms with Gasteiger partial charge in [0.25, 0.3) is 0 Å². The van der Waals surface area contributed by atoms with Gasteiger partial charge in [0.05, 0.1) is 6.20 Å². The van der Waals surface area contributed by atoms with E-state index in [2.05, 4.69) is 17.6 Å². The lowest BCUT2D eigenvalue weighted by atomic mass is 9.92. The van der Waals surface area contributed by atoms with Gasteiger partial charge in [0, 0.05) is 5.02 Å². The molecule has 0 amide bonds. The van der Waals surface area contributed by atoms with Crippen LogP contribution < -0.4 is 0 Å². The van der Waals surface area contributed by atoms with Crippen LogP contribution in [0.25, 0.3) is 11.1 Å². The van der Waals surface area contributed by atoms with Gasteiger partial charge in [-0.2, -0.15) is 0 Å². The summed E-state index contributed by atoms with van der Waals surface area (Å²) in [6, 6.07) is 12.9. The van der Waals surface area contributed by atoms with Gasteiger partial charge in [-0.1, -0.05) is 41.9 Å². The second-order valence-electron chi connectivity index (χ2n) is 5.39. The topological polar surface area (TPSA) is 63.3 Å². The number of rotatable bonds is 4. The molecule has 3 aromatic rings. The molecule has 1 N–H and O–H groups in total. The number of benzene rings is 2. The fourth-order valence-electron chi connectivity index (χ4n) is 2.58. The Morgan fingerprint density at radius 2 is 1.96 bits per heavy atom. The molecule has 1 heterocycles. The molecule has 2 aromatic carbocycles. The minimum absolute atomic E-state index is 0.0250. The van der Waals surface area contributed by atoms with Crippen LogP contribution in [0.1, 0.15) is 17.0 Å². The van der Waals surface area contributed by atoms with Gasteiger partial charge < -0.3 is 9.52 Å². The quantitative estimate of drug-likeness (QED) is 0.670. The van der Waals surface area contributed by atoms with E-state index < -0.39 is 10.7 Å². The van der Waals surface area contributed by atoms with Gasteiger partial charge in [-0.05, 0) is 41.3 Å². The molecule has 0 saturated heterocycles. The number of carboxylic acid groups (broad SMARTS) is 1. The Hall–Kier alpha value is -2.24. The minimum atomic E-state index is -1.65. The monoisotopic (exact) mass is 359 g/mol. The summed E-state index contributed by atoms with van der Waals surface area (Å²) >= 11 is 10.3. The number of hydrogen-bond donors (Lipinski definition) is 2. The number of aliphatic carboxylic acids is 1.